The van der Waals surface area contributed by atoms with Gasteiger partial charge in [0.1, 0.15) is 12.6 Å². The van der Waals surface area contributed by atoms with Gasteiger partial charge < -0.3 is 25.7 Å². The summed E-state index contributed by atoms with van der Waals surface area (Å²) in [7, 11) is 1.31. The number of carbonyl (C=O) groups is 4. The zero-order chi connectivity index (χ0) is 16.6. The molecule has 0 heterocycles. The van der Waals surface area contributed by atoms with Crippen LogP contribution in [0.1, 0.15) is 20.3 Å². The van der Waals surface area contributed by atoms with E-state index < -0.39 is 30.4 Å². The molecule has 21 heavy (non-hydrogen) atoms. The van der Waals surface area contributed by atoms with E-state index in [0.29, 0.717) is 6.54 Å². The predicted octanol–water partition coefficient (Wildman–Crippen LogP) is -0.672. The molecule has 0 aromatic heterocycles. The number of urea groups is 1. The highest BCUT2D eigenvalue weighted by molar-refractivity contribution is 5.88. The zero-order valence-corrected chi connectivity index (χ0v) is 12.3. The molecule has 0 bridgehead atoms. The van der Waals surface area contributed by atoms with Crippen LogP contribution in [0.4, 0.5) is 4.79 Å². The lowest BCUT2D eigenvalue weighted by molar-refractivity contribution is -0.145. The Kier molecular flexibility index (Phi) is 7.80. The van der Waals surface area contributed by atoms with Gasteiger partial charge in [0.05, 0.1) is 6.42 Å². The summed E-state index contributed by atoms with van der Waals surface area (Å²) >= 11 is 0. The fourth-order valence-electron chi connectivity index (χ4n) is 1.30. The van der Waals surface area contributed by atoms with Crippen molar-refractivity contribution in [3.8, 4) is 0 Å². The lowest BCUT2D eigenvalue weighted by atomic mass is 10.2. The Morgan fingerprint density at radius 3 is 2.14 bits per heavy atom. The monoisotopic (exact) mass is 303 g/mol. The van der Waals surface area contributed by atoms with Crippen molar-refractivity contribution in [2.45, 2.75) is 26.3 Å². The molecule has 0 aliphatic heterocycles. The maximum Gasteiger partial charge on any atom is 0.326 e. The molecule has 9 heteroatoms. The van der Waals surface area contributed by atoms with Gasteiger partial charge in [-0.3, -0.25) is 9.59 Å². The van der Waals surface area contributed by atoms with E-state index in [4.69, 9.17) is 10.2 Å². The molecule has 120 valence electrons. The van der Waals surface area contributed by atoms with E-state index in [9.17, 15) is 19.2 Å². The molecular formula is C12H21N3O6. The molecule has 4 N–H and O–H groups in total. The van der Waals surface area contributed by atoms with E-state index in [1.165, 1.54) is 7.05 Å². The van der Waals surface area contributed by atoms with Gasteiger partial charge in [0.25, 0.3) is 0 Å². The SMILES string of the molecule is CC(C)CNC(=O)CN(C)C(=O)NC(CC(=O)O)C(=O)O. The molecule has 0 spiro atoms. The van der Waals surface area contributed by atoms with Gasteiger partial charge in [-0.05, 0) is 5.92 Å². The van der Waals surface area contributed by atoms with E-state index in [1.54, 1.807) is 0 Å². The summed E-state index contributed by atoms with van der Waals surface area (Å²) in [5, 5.41) is 22.0. The maximum atomic E-state index is 11.7. The average Bonchev–Trinajstić information content (AvgIpc) is 2.34. The van der Waals surface area contributed by atoms with E-state index in [2.05, 4.69) is 5.32 Å². The fourth-order valence-corrected chi connectivity index (χ4v) is 1.30. The molecule has 1 atom stereocenters. The minimum Gasteiger partial charge on any atom is -0.481 e. The molecule has 3 amide bonds. The summed E-state index contributed by atoms with van der Waals surface area (Å²) in [6, 6.07) is -2.38. The number of likely N-dealkylation sites (N-methyl/N-ethyl adjacent to an activating group) is 1. The first-order valence-electron chi connectivity index (χ1n) is 6.36. The van der Waals surface area contributed by atoms with Gasteiger partial charge in [0, 0.05) is 13.6 Å². The van der Waals surface area contributed by atoms with Crippen LogP contribution in [0.5, 0.6) is 0 Å². The van der Waals surface area contributed by atoms with E-state index in [-0.39, 0.29) is 18.4 Å². The van der Waals surface area contributed by atoms with Crippen LogP contribution >= 0.6 is 0 Å². The lowest BCUT2D eigenvalue weighted by Gasteiger charge is -2.20. The molecule has 0 aliphatic carbocycles. The number of aliphatic carboxylic acids is 2. The topological polar surface area (TPSA) is 136 Å². The number of amides is 3. The molecule has 0 fully saturated rings. The molecule has 0 saturated heterocycles. The van der Waals surface area contributed by atoms with Crippen molar-refractivity contribution in [2.75, 3.05) is 20.1 Å². The van der Waals surface area contributed by atoms with Gasteiger partial charge in [0.15, 0.2) is 0 Å². The number of nitrogens with one attached hydrogen (secondary N) is 2. The number of nitrogens with zero attached hydrogens (tertiary/aromatic N) is 1. The molecule has 0 rings (SSSR count). The standard InChI is InChI=1S/C12H21N3O6/c1-7(2)5-13-9(16)6-15(3)12(21)14-8(11(19)20)4-10(17)18/h7-8H,4-6H2,1-3H3,(H,13,16)(H,14,21)(H,17,18)(H,19,20). The van der Waals surface area contributed by atoms with Crippen molar-refractivity contribution in [3.63, 3.8) is 0 Å². The van der Waals surface area contributed by atoms with Gasteiger partial charge in [-0.25, -0.2) is 9.59 Å². The summed E-state index contributed by atoms with van der Waals surface area (Å²) in [5.74, 6) is -2.92. The van der Waals surface area contributed by atoms with Crippen LogP contribution < -0.4 is 10.6 Å². The molecule has 0 aliphatic rings. The Morgan fingerprint density at radius 1 is 1.14 bits per heavy atom. The molecule has 0 saturated carbocycles. The van der Waals surface area contributed by atoms with Crippen molar-refractivity contribution >= 4 is 23.9 Å². The summed E-state index contributed by atoms with van der Waals surface area (Å²) in [4.78, 5) is 45.5. The highest BCUT2D eigenvalue weighted by atomic mass is 16.4. The Hall–Kier alpha value is -2.32. The van der Waals surface area contributed by atoms with Crippen molar-refractivity contribution in [3.05, 3.63) is 0 Å². The van der Waals surface area contributed by atoms with Gasteiger partial charge in [0.2, 0.25) is 5.91 Å². The first kappa shape index (κ1) is 18.7. The third-order valence-electron chi connectivity index (χ3n) is 2.41. The Labute approximate surface area is 122 Å². The van der Waals surface area contributed by atoms with Gasteiger partial charge >= 0.3 is 18.0 Å². The van der Waals surface area contributed by atoms with Gasteiger partial charge in [-0.15, -0.1) is 0 Å². The smallest absolute Gasteiger partial charge is 0.326 e. The number of carboxylic acid groups (broad SMARTS) is 2. The van der Waals surface area contributed by atoms with Gasteiger partial charge in [-0.1, -0.05) is 13.8 Å². The Morgan fingerprint density at radius 2 is 1.71 bits per heavy atom. The quantitative estimate of drug-likeness (QED) is 0.469. The second-order valence-corrected chi connectivity index (χ2v) is 4.99. The summed E-state index contributed by atoms with van der Waals surface area (Å²) in [6.07, 6.45) is -0.742. The van der Waals surface area contributed by atoms with Crippen LogP contribution in [0, 0.1) is 5.92 Å². The Balaban J connectivity index is 4.39. The van der Waals surface area contributed by atoms with Crippen LogP contribution in [-0.2, 0) is 14.4 Å². The molecule has 9 nitrogen and oxygen atoms in total. The largest absolute Gasteiger partial charge is 0.481 e. The van der Waals surface area contributed by atoms with E-state index in [0.717, 1.165) is 4.90 Å². The first-order valence-corrected chi connectivity index (χ1v) is 6.36. The second-order valence-electron chi connectivity index (χ2n) is 4.99. The first-order chi connectivity index (χ1) is 9.63. The second kappa shape index (κ2) is 8.77. The molecule has 0 aromatic rings. The third kappa shape index (κ3) is 8.45. The average molecular weight is 303 g/mol. The minimum absolute atomic E-state index is 0.252. The number of hydrogen-bond acceptors (Lipinski definition) is 4. The van der Waals surface area contributed by atoms with E-state index in [1.807, 2.05) is 19.2 Å². The number of carboxylic acids is 2. The van der Waals surface area contributed by atoms with Crippen molar-refractivity contribution in [1.82, 2.24) is 15.5 Å². The van der Waals surface area contributed by atoms with Crippen molar-refractivity contribution in [2.24, 2.45) is 5.92 Å². The summed E-state index contributed by atoms with van der Waals surface area (Å²) < 4.78 is 0. The van der Waals surface area contributed by atoms with E-state index >= 15 is 0 Å². The van der Waals surface area contributed by atoms with Crippen LogP contribution in [0.15, 0.2) is 0 Å². The summed E-state index contributed by atoms with van der Waals surface area (Å²) in [5.41, 5.74) is 0. The highest BCUT2D eigenvalue weighted by Gasteiger charge is 2.25. The van der Waals surface area contributed by atoms with Crippen LogP contribution in [-0.4, -0.2) is 65.2 Å². The maximum absolute atomic E-state index is 11.7. The van der Waals surface area contributed by atoms with Gasteiger partial charge in [-0.2, -0.15) is 0 Å². The van der Waals surface area contributed by atoms with Crippen molar-refractivity contribution in [1.29, 1.82) is 0 Å². The fraction of sp³-hybridized carbons (Fsp3) is 0.667. The third-order valence-corrected chi connectivity index (χ3v) is 2.41. The molecular weight excluding hydrogens is 282 g/mol. The number of rotatable bonds is 8. The molecule has 0 aromatic carbocycles. The van der Waals surface area contributed by atoms with Crippen LogP contribution in [0.25, 0.3) is 0 Å². The van der Waals surface area contributed by atoms with Crippen molar-refractivity contribution < 1.29 is 29.4 Å². The van der Waals surface area contributed by atoms with Crippen LogP contribution in [0.2, 0.25) is 0 Å². The lowest BCUT2D eigenvalue weighted by Crippen LogP contribution is -2.49. The highest BCUT2D eigenvalue weighted by Crippen LogP contribution is 1.95. The number of hydrogen-bond donors (Lipinski definition) is 4. The molecule has 1 unspecified atom stereocenters. The Bertz CT molecular complexity index is 410. The predicted molar refractivity (Wildman–Crippen MR) is 72.7 cm³/mol. The zero-order valence-electron chi connectivity index (χ0n) is 12.3. The normalized spacial score (nSPS) is 11.6. The minimum atomic E-state index is -1.55. The summed E-state index contributed by atoms with van der Waals surface area (Å²) in [6.45, 7) is 4.04. The van der Waals surface area contributed by atoms with Crippen LogP contribution in [0.3, 0.4) is 0 Å². The molecule has 0 radical (unpaired) electrons. The number of carbonyl (C=O) groups excluding carboxylic acids is 2.